The van der Waals surface area contributed by atoms with Crippen molar-refractivity contribution in [2.75, 3.05) is 19.7 Å². The second-order valence-electron chi connectivity index (χ2n) is 5.23. The SMILES string of the molecule is O=S(=O)(c1ccccc1)N1CCO[C@H](Cc2cccnc2)C1. The van der Waals surface area contributed by atoms with E-state index in [9.17, 15) is 8.42 Å². The van der Waals surface area contributed by atoms with Crippen molar-refractivity contribution in [2.45, 2.75) is 17.4 Å². The number of aromatic nitrogens is 1. The number of rotatable bonds is 4. The number of morpholine rings is 1. The van der Waals surface area contributed by atoms with Crippen molar-refractivity contribution in [2.24, 2.45) is 0 Å². The predicted octanol–water partition coefficient (Wildman–Crippen LogP) is 1.71. The molecular formula is C16H18N2O3S. The van der Waals surface area contributed by atoms with Crippen molar-refractivity contribution >= 4 is 10.0 Å². The van der Waals surface area contributed by atoms with Gasteiger partial charge in [-0.2, -0.15) is 4.31 Å². The zero-order valence-electron chi connectivity index (χ0n) is 12.1. The minimum atomic E-state index is -3.45. The number of ether oxygens (including phenoxy) is 1. The summed E-state index contributed by atoms with van der Waals surface area (Å²) in [4.78, 5) is 4.41. The van der Waals surface area contributed by atoms with Crippen LogP contribution in [0.1, 0.15) is 5.56 Å². The van der Waals surface area contributed by atoms with Gasteiger partial charge in [-0.25, -0.2) is 8.42 Å². The number of pyridine rings is 1. The molecule has 1 saturated heterocycles. The van der Waals surface area contributed by atoms with Gasteiger partial charge in [0.2, 0.25) is 10.0 Å². The van der Waals surface area contributed by atoms with E-state index in [-0.39, 0.29) is 6.10 Å². The van der Waals surface area contributed by atoms with Gasteiger partial charge in [-0.3, -0.25) is 4.98 Å². The van der Waals surface area contributed by atoms with E-state index in [4.69, 9.17) is 4.74 Å². The molecule has 0 amide bonds. The maximum absolute atomic E-state index is 12.6. The lowest BCUT2D eigenvalue weighted by Gasteiger charge is -2.32. The van der Waals surface area contributed by atoms with Gasteiger partial charge in [-0.15, -0.1) is 0 Å². The first-order chi connectivity index (χ1) is 10.7. The van der Waals surface area contributed by atoms with Gasteiger partial charge in [-0.1, -0.05) is 24.3 Å². The lowest BCUT2D eigenvalue weighted by Crippen LogP contribution is -2.46. The first-order valence-electron chi connectivity index (χ1n) is 7.22. The third-order valence-corrected chi connectivity index (χ3v) is 5.55. The van der Waals surface area contributed by atoms with Gasteiger partial charge in [0.05, 0.1) is 17.6 Å². The van der Waals surface area contributed by atoms with E-state index in [2.05, 4.69) is 4.98 Å². The van der Waals surface area contributed by atoms with Crippen LogP contribution in [0.4, 0.5) is 0 Å². The van der Waals surface area contributed by atoms with Crippen LogP contribution in [0.3, 0.4) is 0 Å². The van der Waals surface area contributed by atoms with E-state index in [1.165, 1.54) is 4.31 Å². The lowest BCUT2D eigenvalue weighted by molar-refractivity contribution is -0.000533. The lowest BCUT2D eigenvalue weighted by atomic mass is 10.1. The Bertz CT molecular complexity index is 705. The molecule has 0 spiro atoms. The molecule has 2 aromatic rings. The fourth-order valence-corrected chi connectivity index (χ4v) is 4.03. The molecule has 0 bridgehead atoms. The number of hydrogen-bond acceptors (Lipinski definition) is 4. The minimum Gasteiger partial charge on any atom is -0.375 e. The van der Waals surface area contributed by atoms with Crippen LogP contribution in [-0.4, -0.2) is 43.5 Å². The van der Waals surface area contributed by atoms with Gasteiger partial charge < -0.3 is 4.74 Å². The van der Waals surface area contributed by atoms with Crippen molar-refractivity contribution in [3.8, 4) is 0 Å². The van der Waals surface area contributed by atoms with Crippen molar-refractivity contribution in [3.05, 3.63) is 60.4 Å². The Morgan fingerprint density at radius 2 is 2.00 bits per heavy atom. The van der Waals surface area contributed by atoms with Gasteiger partial charge in [0.15, 0.2) is 0 Å². The van der Waals surface area contributed by atoms with Gasteiger partial charge in [0, 0.05) is 31.9 Å². The molecule has 5 nitrogen and oxygen atoms in total. The summed E-state index contributed by atoms with van der Waals surface area (Å²) in [5.41, 5.74) is 1.05. The molecule has 1 aromatic carbocycles. The van der Waals surface area contributed by atoms with Crippen molar-refractivity contribution in [1.82, 2.24) is 9.29 Å². The largest absolute Gasteiger partial charge is 0.375 e. The van der Waals surface area contributed by atoms with Gasteiger partial charge in [-0.05, 0) is 23.8 Å². The summed E-state index contributed by atoms with van der Waals surface area (Å²) in [6.07, 6.45) is 4.02. The van der Waals surface area contributed by atoms with Crippen LogP contribution in [0.2, 0.25) is 0 Å². The van der Waals surface area contributed by atoms with Gasteiger partial charge >= 0.3 is 0 Å². The molecule has 22 heavy (non-hydrogen) atoms. The number of benzene rings is 1. The smallest absolute Gasteiger partial charge is 0.243 e. The topological polar surface area (TPSA) is 59.5 Å². The van der Waals surface area contributed by atoms with Crippen LogP contribution in [0.25, 0.3) is 0 Å². The molecule has 2 heterocycles. The van der Waals surface area contributed by atoms with E-state index in [1.807, 2.05) is 18.2 Å². The fraction of sp³-hybridized carbons (Fsp3) is 0.312. The van der Waals surface area contributed by atoms with Crippen LogP contribution >= 0.6 is 0 Å². The monoisotopic (exact) mass is 318 g/mol. The maximum atomic E-state index is 12.6. The molecule has 1 fully saturated rings. The molecule has 0 N–H and O–H groups in total. The van der Waals surface area contributed by atoms with Crippen LogP contribution in [0, 0.1) is 0 Å². The van der Waals surface area contributed by atoms with Crippen molar-refractivity contribution < 1.29 is 13.2 Å². The van der Waals surface area contributed by atoms with E-state index in [1.54, 1.807) is 36.7 Å². The quantitative estimate of drug-likeness (QED) is 0.861. The zero-order valence-corrected chi connectivity index (χ0v) is 12.9. The molecule has 1 atom stereocenters. The van der Waals surface area contributed by atoms with Crippen LogP contribution < -0.4 is 0 Å². The molecule has 1 aliphatic heterocycles. The summed E-state index contributed by atoms with van der Waals surface area (Å²) in [5.74, 6) is 0. The standard InChI is InChI=1S/C16H18N2O3S/c19-22(20,16-6-2-1-3-7-16)18-9-10-21-15(13-18)11-14-5-4-8-17-12-14/h1-8,12,15H,9-11,13H2/t15-/m1/s1. The average molecular weight is 318 g/mol. The van der Waals surface area contributed by atoms with E-state index >= 15 is 0 Å². The molecule has 1 aromatic heterocycles. The summed E-state index contributed by atoms with van der Waals surface area (Å²) >= 11 is 0. The Kier molecular flexibility index (Phi) is 4.52. The summed E-state index contributed by atoms with van der Waals surface area (Å²) in [6.45, 7) is 1.17. The van der Waals surface area contributed by atoms with Crippen molar-refractivity contribution in [1.29, 1.82) is 0 Å². The molecule has 3 rings (SSSR count). The molecule has 0 aliphatic carbocycles. The third kappa shape index (κ3) is 3.35. The van der Waals surface area contributed by atoms with Crippen molar-refractivity contribution in [3.63, 3.8) is 0 Å². The normalized spacial score (nSPS) is 19.9. The first-order valence-corrected chi connectivity index (χ1v) is 8.66. The Labute approximate surface area is 130 Å². The van der Waals surface area contributed by atoms with Crippen LogP contribution in [-0.2, 0) is 21.2 Å². The van der Waals surface area contributed by atoms with Crippen LogP contribution in [0.15, 0.2) is 59.8 Å². The maximum Gasteiger partial charge on any atom is 0.243 e. The third-order valence-electron chi connectivity index (χ3n) is 3.67. The zero-order chi connectivity index (χ0) is 15.4. The number of sulfonamides is 1. The van der Waals surface area contributed by atoms with Gasteiger partial charge in [0.1, 0.15) is 0 Å². The number of nitrogens with zero attached hydrogens (tertiary/aromatic N) is 2. The molecule has 116 valence electrons. The molecule has 0 unspecified atom stereocenters. The fourth-order valence-electron chi connectivity index (χ4n) is 2.56. The Hall–Kier alpha value is -1.76. The average Bonchev–Trinajstić information content (AvgIpc) is 2.57. The van der Waals surface area contributed by atoms with E-state index in [0.29, 0.717) is 31.0 Å². The highest BCUT2D eigenvalue weighted by Crippen LogP contribution is 2.19. The van der Waals surface area contributed by atoms with E-state index < -0.39 is 10.0 Å². The summed E-state index contributed by atoms with van der Waals surface area (Å²) in [6, 6.07) is 12.4. The number of hydrogen-bond donors (Lipinski definition) is 0. The summed E-state index contributed by atoms with van der Waals surface area (Å²) in [7, 11) is -3.45. The van der Waals surface area contributed by atoms with Crippen LogP contribution in [0.5, 0.6) is 0 Å². The minimum absolute atomic E-state index is 0.142. The Morgan fingerprint density at radius 3 is 2.73 bits per heavy atom. The molecule has 1 aliphatic rings. The summed E-state index contributed by atoms with van der Waals surface area (Å²) < 4.78 is 32.5. The highest BCUT2D eigenvalue weighted by molar-refractivity contribution is 7.89. The Morgan fingerprint density at radius 1 is 1.18 bits per heavy atom. The molecule has 0 saturated carbocycles. The summed E-state index contributed by atoms with van der Waals surface area (Å²) in [5, 5.41) is 0. The predicted molar refractivity (Wildman–Crippen MR) is 82.9 cm³/mol. The second-order valence-corrected chi connectivity index (χ2v) is 7.17. The Balaban J connectivity index is 1.73. The highest BCUT2D eigenvalue weighted by atomic mass is 32.2. The second kappa shape index (κ2) is 6.56. The van der Waals surface area contributed by atoms with Gasteiger partial charge in [0.25, 0.3) is 0 Å². The molecule has 6 heteroatoms. The highest BCUT2D eigenvalue weighted by Gasteiger charge is 2.30. The first kappa shape index (κ1) is 15.1. The molecule has 0 radical (unpaired) electrons. The molecular weight excluding hydrogens is 300 g/mol. The van der Waals surface area contributed by atoms with E-state index in [0.717, 1.165) is 5.56 Å².